The lowest BCUT2D eigenvalue weighted by molar-refractivity contribution is -0.385. The largest absolute Gasteiger partial charge is 0.466 e. The quantitative estimate of drug-likeness (QED) is 0.164. The number of allylic oxidation sites excluding steroid dienone is 7. The molecule has 216 valence electrons. The first kappa shape index (κ1) is 31.2. The normalized spacial score (nSPS) is 15.6. The maximum atomic E-state index is 12.3. The third kappa shape index (κ3) is 6.67. The number of esters is 2. The number of benzene rings is 2. The Bertz CT molecular complexity index is 1530. The summed E-state index contributed by atoms with van der Waals surface area (Å²) in [6, 6.07) is 15.5. The Kier molecular flexibility index (Phi) is 10.2. The van der Waals surface area contributed by atoms with Gasteiger partial charge in [-0.3, -0.25) is 19.7 Å². The van der Waals surface area contributed by atoms with E-state index in [1.807, 2.05) is 30.3 Å². The number of ketones is 2. The van der Waals surface area contributed by atoms with Crippen molar-refractivity contribution in [3.63, 3.8) is 0 Å². The van der Waals surface area contributed by atoms with Gasteiger partial charge in [0.05, 0.1) is 36.2 Å². The van der Waals surface area contributed by atoms with Crippen molar-refractivity contribution in [2.75, 3.05) is 14.2 Å². The van der Waals surface area contributed by atoms with Crippen LogP contribution < -0.4 is 5.32 Å². The molecule has 0 amide bonds. The molecule has 10 nitrogen and oxygen atoms in total. The number of methoxy groups -OCH3 is 2. The van der Waals surface area contributed by atoms with Crippen molar-refractivity contribution in [1.82, 2.24) is 5.32 Å². The number of nitro benzene ring substituents is 1. The summed E-state index contributed by atoms with van der Waals surface area (Å²) >= 11 is 0. The van der Waals surface area contributed by atoms with Gasteiger partial charge in [0.25, 0.3) is 5.69 Å². The lowest BCUT2D eigenvalue weighted by Crippen LogP contribution is -2.32. The number of hydrogen-bond acceptors (Lipinski definition) is 9. The van der Waals surface area contributed by atoms with Gasteiger partial charge < -0.3 is 14.8 Å². The maximum Gasteiger partial charge on any atom is 0.336 e. The van der Waals surface area contributed by atoms with Crippen molar-refractivity contribution >= 4 is 29.2 Å². The van der Waals surface area contributed by atoms with E-state index in [4.69, 9.17) is 9.47 Å². The van der Waals surface area contributed by atoms with Gasteiger partial charge in [0, 0.05) is 34.5 Å². The number of para-hydroxylation sites is 1. The average Bonchev–Trinajstić information content (AvgIpc) is 2.99. The SMILES string of the molecule is C=CC(C1=CC(=O)C=CC1=O)c1ccccc1.COC(=O)C1=C(C)NC(C)=C(C(=O)OC)C1c1ccccc1[N+](=O)[O-]. The highest BCUT2D eigenvalue weighted by Gasteiger charge is 2.40. The maximum absolute atomic E-state index is 12.3. The molecule has 1 atom stereocenters. The second-order valence-electron chi connectivity index (χ2n) is 9.26. The van der Waals surface area contributed by atoms with Gasteiger partial charge in [-0.05, 0) is 37.6 Å². The highest BCUT2D eigenvalue weighted by atomic mass is 16.6. The van der Waals surface area contributed by atoms with Gasteiger partial charge in [-0.15, -0.1) is 6.58 Å². The standard InChI is InChI=1S/C17H18N2O6.C15H12O2/c1-9-13(16(20)24-3)15(14(10(2)18-9)17(21)25-4)11-7-5-6-8-12(11)19(22)23;1-2-13(11-6-4-3-5-7-11)14-10-12(16)8-9-15(14)17/h5-8,15,18H,1-4H3;2-10,13H,1H2. The topological polar surface area (TPSA) is 142 Å². The van der Waals surface area contributed by atoms with Crippen LogP contribution in [0.5, 0.6) is 0 Å². The molecule has 0 spiro atoms. The molecule has 2 aliphatic rings. The first-order valence-electron chi connectivity index (χ1n) is 12.8. The van der Waals surface area contributed by atoms with Crippen molar-refractivity contribution in [2.45, 2.75) is 25.7 Å². The predicted octanol–water partition coefficient (Wildman–Crippen LogP) is 4.77. The molecule has 0 radical (unpaired) electrons. The Morgan fingerprint density at radius 1 is 0.929 bits per heavy atom. The number of carbonyl (C=O) groups is 4. The molecule has 1 unspecified atom stereocenters. The van der Waals surface area contributed by atoms with Crippen LogP contribution in [0.1, 0.15) is 36.8 Å². The third-order valence-electron chi connectivity index (χ3n) is 6.73. The van der Waals surface area contributed by atoms with Gasteiger partial charge in [-0.1, -0.05) is 54.6 Å². The Hall–Kier alpha value is -5.38. The molecule has 1 heterocycles. The Morgan fingerprint density at radius 2 is 1.48 bits per heavy atom. The highest BCUT2D eigenvalue weighted by Crippen LogP contribution is 2.42. The summed E-state index contributed by atoms with van der Waals surface area (Å²) in [5.41, 5.74) is 2.64. The monoisotopic (exact) mass is 570 g/mol. The summed E-state index contributed by atoms with van der Waals surface area (Å²) in [5.74, 6) is -2.83. The number of nitrogens with one attached hydrogen (secondary N) is 1. The van der Waals surface area contributed by atoms with E-state index in [-0.39, 0.29) is 39.9 Å². The summed E-state index contributed by atoms with van der Waals surface area (Å²) in [6.45, 7) is 7.03. The number of ether oxygens (including phenoxy) is 2. The highest BCUT2D eigenvalue weighted by molar-refractivity contribution is 6.18. The zero-order chi connectivity index (χ0) is 31.0. The number of nitrogens with zero attached hydrogens (tertiary/aromatic N) is 1. The molecule has 0 saturated heterocycles. The van der Waals surface area contributed by atoms with Crippen molar-refractivity contribution in [3.05, 3.63) is 135 Å². The molecule has 2 aromatic carbocycles. The summed E-state index contributed by atoms with van der Waals surface area (Å²) in [7, 11) is 2.42. The molecule has 2 aromatic rings. The zero-order valence-corrected chi connectivity index (χ0v) is 23.6. The van der Waals surface area contributed by atoms with Crippen LogP contribution in [-0.4, -0.2) is 42.6 Å². The van der Waals surface area contributed by atoms with Gasteiger partial charge in [-0.2, -0.15) is 0 Å². The molecule has 0 aromatic heterocycles. The van der Waals surface area contributed by atoms with E-state index in [9.17, 15) is 29.3 Å². The number of nitro groups is 1. The van der Waals surface area contributed by atoms with Crippen molar-refractivity contribution in [2.24, 2.45) is 0 Å². The molecule has 0 fully saturated rings. The molecule has 1 aliphatic heterocycles. The molecule has 10 heteroatoms. The second-order valence-corrected chi connectivity index (χ2v) is 9.26. The number of hydrogen-bond donors (Lipinski definition) is 1. The van der Waals surface area contributed by atoms with Crippen LogP contribution >= 0.6 is 0 Å². The van der Waals surface area contributed by atoms with Crippen LogP contribution in [0.25, 0.3) is 0 Å². The van der Waals surface area contributed by atoms with Crippen molar-refractivity contribution < 1.29 is 33.6 Å². The Morgan fingerprint density at radius 3 is 2.00 bits per heavy atom. The van der Waals surface area contributed by atoms with Crippen LogP contribution in [0.4, 0.5) is 5.69 Å². The van der Waals surface area contributed by atoms with Gasteiger partial charge in [0.1, 0.15) is 0 Å². The molecular formula is C32H30N2O8. The van der Waals surface area contributed by atoms with Crippen LogP contribution in [0, 0.1) is 10.1 Å². The van der Waals surface area contributed by atoms with E-state index in [1.54, 1.807) is 26.0 Å². The molecule has 0 saturated carbocycles. The zero-order valence-electron chi connectivity index (χ0n) is 23.6. The Labute approximate surface area is 242 Å². The third-order valence-corrected chi connectivity index (χ3v) is 6.73. The summed E-state index contributed by atoms with van der Waals surface area (Å²) < 4.78 is 9.66. The molecule has 42 heavy (non-hydrogen) atoms. The number of carbonyl (C=O) groups excluding carboxylic acids is 4. The lowest BCUT2D eigenvalue weighted by Gasteiger charge is -2.29. The average molecular weight is 571 g/mol. The van der Waals surface area contributed by atoms with Crippen LogP contribution in [-0.2, 0) is 28.7 Å². The fraction of sp³-hybridized carbons (Fsp3) is 0.188. The fourth-order valence-electron chi connectivity index (χ4n) is 4.84. The summed E-state index contributed by atoms with van der Waals surface area (Å²) in [5, 5.41) is 14.4. The van der Waals surface area contributed by atoms with E-state index in [1.165, 1.54) is 50.6 Å². The molecule has 1 N–H and O–H groups in total. The lowest BCUT2D eigenvalue weighted by atomic mass is 9.79. The van der Waals surface area contributed by atoms with Gasteiger partial charge in [-0.25, -0.2) is 9.59 Å². The number of rotatable bonds is 7. The van der Waals surface area contributed by atoms with Crippen LogP contribution in [0.15, 0.2) is 114 Å². The van der Waals surface area contributed by atoms with Crippen LogP contribution in [0.3, 0.4) is 0 Å². The van der Waals surface area contributed by atoms with Gasteiger partial charge in [0.15, 0.2) is 11.6 Å². The summed E-state index contributed by atoms with van der Waals surface area (Å²) in [4.78, 5) is 58.7. The first-order chi connectivity index (χ1) is 20.0. The van der Waals surface area contributed by atoms with E-state index in [2.05, 4.69) is 11.9 Å². The predicted molar refractivity (Wildman–Crippen MR) is 155 cm³/mol. The van der Waals surface area contributed by atoms with Gasteiger partial charge in [0.2, 0.25) is 0 Å². The number of dihydropyridines is 1. The smallest absolute Gasteiger partial charge is 0.336 e. The van der Waals surface area contributed by atoms with E-state index >= 15 is 0 Å². The minimum atomic E-state index is -0.970. The molecule has 0 bridgehead atoms. The van der Waals surface area contributed by atoms with E-state index < -0.39 is 22.8 Å². The van der Waals surface area contributed by atoms with E-state index in [0.717, 1.165) is 5.56 Å². The van der Waals surface area contributed by atoms with Gasteiger partial charge >= 0.3 is 11.9 Å². The molecule has 1 aliphatic carbocycles. The fourth-order valence-corrected chi connectivity index (χ4v) is 4.84. The molecular weight excluding hydrogens is 540 g/mol. The van der Waals surface area contributed by atoms with Crippen LogP contribution in [0.2, 0.25) is 0 Å². The summed E-state index contributed by atoms with van der Waals surface area (Å²) in [6.07, 6.45) is 5.68. The first-order valence-corrected chi connectivity index (χ1v) is 12.8. The minimum Gasteiger partial charge on any atom is -0.466 e. The minimum absolute atomic E-state index is 0.127. The van der Waals surface area contributed by atoms with E-state index in [0.29, 0.717) is 17.0 Å². The van der Waals surface area contributed by atoms with Crippen molar-refractivity contribution in [1.29, 1.82) is 0 Å². The van der Waals surface area contributed by atoms with Crippen molar-refractivity contribution in [3.8, 4) is 0 Å². The Balaban J connectivity index is 0.000000247. The molecule has 4 rings (SSSR count). The second kappa shape index (κ2) is 13.8.